The maximum atomic E-state index is 13.8. The zero-order valence-electron chi connectivity index (χ0n) is 19.7. The van der Waals surface area contributed by atoms with Gasteiger partial charge in [-0.1, -0.05) is 19.9 Å². The van der Waals surface area contributed by atoms with Crippen LogP contribution in [0.2, 0.25) is 0 Å². The molecular formula is C25H34N4O5. The standard InChI is InChI=1S/C25H34N4O5/c1-15(2)16-3-6-19(32)23-20(16)24(33)21-17(28-9-7-26-11-13-30)4-5-18(22(21)25(23)34)29-10-8-27-12-14-31/h3-6,15,26-32H,7-14H2,1-2H3. The quantitative estimate of drug-likeness (QED) is 0.184. The van der Waals surface area contributed by atoms with Crippen molar-refractivity contribution in [3.63, 3.8) is 0 Å². The molecule has 9 heteroatoms. The summed E-state index contributed by atoms with van der Waals surface area (Å²) in [4.78, 5) is 27.5. The van der Waals surface area contributed by atoms with Crippen molar-refractivity contribution in [1.82, 2.24) is 10.6 Å². The lowest BCUT2D eigenvalue weighted by Gasteiger charge is -2.26. The summed E-state index contributed by atoms with van der Waals surface area (Å²) < 4.78 is 0. The Hall–Kier alpha value is -2.98. The van der Waals surface area contributed by atoms with Crippen LogP contribution < -0.4 is 21.3 Å². The maximum Gasteiger partial charge on any atom is 0.200 e. The molecule has 0 unspecified atom stereocenters. The van der Waals surface area contributed by atoms with E-state index < -0.39 is 5.78 Å². The lowest BCUT2D eigenvalue weighted by Crippen LogP contribution is -2.29. The zero-order chi connectivity index (χ0) is 24.7. The molecule has 0 fully saturated rings. The van der Waals surface area contributed by atoms with Crippen molar-refractivity contribution in [2.45, 2.75) is 19.8 Å². The van der Waals surface area contributed by atoms with E-state index in [1.54, 1.807) is 18.2 Å². The number of aliphatic hydroxyl groups is 2. The van der Waals surface area contributed by atoms with Crippen LogP contribution in [0.25, 0.3) is 0 Å². The molecule has 0 radical (unpaired) electrons. The number of ketones is 2. The Bertz CT molecular complexity index is 1040. The van der Waals surface area contributed by atoms with E-state index in [9.17, 15) is 14.7 Å². The third-order valence-corrected chi connectivity index (χ3v) is 5.76. The van der Waals surface area contributed by atoms with Crippen molar-refractivity contribution in [2.24, 2.45) is 0 Å². The first kappa shape index (κ1) is 25.6. The Morgan fingerprint density at radius 1 is 0.676 bits per heavy atom. The smallest absolute Gasteiger partial charge is 0.200 e. The lowest BCUT2D eigenvalue weighted by atomic mass is 9.78. The van der Waals surface area contributed by atoms with Gasteiger partial charge >= 0.3 is 0 Å². The van der Waals surface area contributed by atoms with Crippen LogP contribution in [0.1, 0.15) is 57.2 Å². The fourth-order valence-electron chi connectivity index (χ4n) is 4.16. The van der Waals surface area contributed by atoms with Crippen LogP contribution in [0.15, 0.2) is 24.3 Å². The molecule has 0 aliphatic heterocycles. The molecule has 0 saturated carbocycles. The fraction of sp³-hybridized carbons (Fsp3) is 0.440. The monoisotopic (exact) mass is 470 g/mol. The van der Waals surface area contributed by atoms with Crippen molar-refractivity contribution >= 4 is 22.9 Å². The minimum absolute atomic E-state index is 0.00866. The number of phenols is 1. The Balaban J connectivity index is 2.03. The highest BCUT2D eigenvalue weighted by Gasteiger charge is 2.37. The number of carbonyl (C=O) groups is 2. The summed E-state index contributed by atoms with van der Waals surface area (Å²) in [5, 5.41) is 41.0. The summed E-state index contributed by atoms with van der Waals surface area (Å²) in [5.41, 5.74) is 2.63. The number of aromatic hydroxyl groups is 1. The van der Waals surface area contributed by atoms with Gasteiger partial charge in [-0.3, -0.25) is 9.59 Å². The lowest BCUT2D eigenvalue weighted by molar-refractivity contribution is 0.0976. The number of carbonyl (C=O) groups excluding carboxylic acids is 2. The van der Waals surface area contributed by atoms with Gasteiger partial charge in [-0.2, -0.15) is 0 Å². The second-order valence-electron chi connectivity index (χ2n) is 8.45. The average Bonchev–Trinajstić information content (AvgIpc) is 2.82. The first-order chi connectivity index (χ1) is 16.4. The average molecular weight is 471 g/mol. The van der Waals surface area contributed by atoms with E-state index >= 15 is 0 Å². The molecule has 0 amide bonds. The summed E-state index contributed by atoms with van der Waals surface area (Å²) >= 11 is 0. The molecule has 2 aromatic carbocycles. The largest absolute Gasteiger partial charge is 0.507 e. The van der Waals surface area contributed by atoms with Crippen molar-refractivity contribution in [1.29, 1.82) is 0 Å². The number of rotatable bonds is 13. The summed E-state index contributed by atoms with van der Waals surface area (Å²) in [6, 6.07) is 6.72. The molecule has 184 valence electrons. The van der Waals surface area contributed by atoms with E-state index in [-0.39, 0.29) is 47.4 Å². The number of hydrogen-bond acceptors (Lipinski definition) is 9. The van der Waals surface area contributed by atoms with Crippen molar-refractivity contribution in [3.05, 3.63) is 52.1 Å². The summed E-state index contributed by atoms with van der Waals surface area (Å²) in [7, 11) is 0. The molecule has 0 spiro atoms. The number of hydrogen-bond donors (Lipinski definition) is 7. The summed E-state index contributed by atoms with van der Waals surface area (Å²) in [6.45, 7) is 7.01. The molecule has 3 rings (SSSR count). The Labute approximate surface area is 199 Å². The van der Waals surface area contributed by atoms with Crippen LogP contribution in [0, 0.1) is 0 Å². The van der Waals surface area contributed by atoms with E-state index in [0.717, 1.165) is 5.56 Å². The number of benzene rings is 2. The van der Waals surface area contributed by atoms with Crippen LogP contribution in [0.4, 0.5) is 11.4 Å². The number of nitrogens with one attached hydrogen (secondary N) is 4. The summed E-state index contributed by atoms with van der Waals surface area (Å²) in [5.74, 6) is -0.897. The normalized spacial score (nSPS) is 12.6. The first-order valence-corrected chi connectivity index (χ1v) is 11.7. The minimum atomic E-state index is -0.391. The van der Waals surface area contributed by atoms with Gasteiger partial charge in [0.2, 0.25) is 0 Å². The van der Waals surface area contributed by atoms with E-state index in [1.807, 2.05) is 13.8 Å². The molecule has 1 aliphatic carbocycles. The van der Waals surface area contributed by atoms with Gasteiger partial charge in [0.15, 0.2) is 11.6 Å². The van der Waals surface area contributed by atoms with Gasteiger partial charge in [0, 0.05) is 56.2 Å². The number of phenolic OH excluding ortho intramolecular Hbond substituents is 1. The molecule has 0 saturated heterocycles. The molecular weight excluding hydrogens is 436 g/mol. The third-order valence-electron chi connectivity index (χ3n) is 5.76. The Kier molecular flexibility index (Phi) is 9.00. The Morgan fingerprint density at radius 3 is 1.65 bits per heavy atom. The van der Waals surface area contributed by atoms with Gasteiger partial charge < -0.3 is 36.6 Å². The van der Waals surface area contributed by atoms with E-state index in [4.69, 9.17) is 10.2 Å². The van der Waals surface area contributed by atoms with Crippen LogP contribution >= 0.6 is 0 Å². The van der Waals surface area contributed by atoms with Gasteiger partial charge in [0.25, 0.3) is 0 Å². The van der Waals surface area contributed by atoms with Gasteiger partial charge in [0.05, 0.1) is 29.9 Å². The van der Waals surface area contributed by atoms with Gasteiger partial charge in [-0.05, 0) is 29.7 Å². The highest BCUT2D eigenvalue weighted by Crippen LogP contribution is 2.42. The Morgan fingerprint density at radius 2 is 1.18 bits per heavy atom. The second-order valence-corrected chi connectivity index (χ2v) is 8.45. The number of anilines is 2. The predicted molar refractivity (Wildman–Crippen MR) is 132 cm³/mol. The van der Waals surface area contributed by atoms with E-state index in [0.29, 0.717) is 56.2 Å². The highest BCUT2D eigenvalue weighted by molar-refractivity contribution is 6.33. The summed E-state index contributed by atoms with van der Waals surface area (Å²) in [6.07, 6.45) is 0. The number of aliphatic hydroxyl groups excluding tert-OH is 2. The predicted octanol–water partition coefficient (Wildman–Crippen LogP) is 1.28. The van der Waals surface area contributed by atoms with Crippen LogP contribution in [0.3, 0.4) is 0 Å². The fourth-order valence-corrected chi connectivity index (χ4v) is 4.16. The zero-order valence-corrected chi connectivity index (χ0v) is 19.7. The second kappa shape index (κ2) is 11.9. The molecule has 0 heterocycles. The van der Waals surface area contributed by atoms with Gasteiger partial charge in [-0.25, -0.2) is 0 Å². The topological polar surface area (TPSA) is 143 Å². The van der Waals surface area contributed by atoms with Crippen molar-refractivity contribution in [2.75, 3.05) is 63.1 Å². The molecule has 0 bridgehead atoms. The van der Waals surface area contributed by atoms with Crippen LogP contribution in [-0.2, 0) is 0 Å². The van der Waals surface area contributed by atoms with Gasteiger partial charge in [-0.15, -0.1) is 0 Å². The SMILES string of the molecule is CC(C)c1ccc(O)c2c1C(=O)c1c(NCCNCCO)ccc(NCCNCCO)c1C2=O. The molecule has 9 nitrogen and oxygen atoms in total. The van der Waals surface area contributed by atoms with E-state index in [2.05, 4.69) is 21.3 Å². The molecule has 1 aliphatic rings. The van der Waals surface area contributed by atoms with Crippen LogP contribution in [-0.4, -0.2) is 79.4 Å². The van der Waals surface area contributed by atoms with Crippen molar-refractivity contribution < 1.29 is 24.9 Å². The first-order valence-electron chi connectivity index (χ1n) is 11.7. The van der Waals surface area contributed by atoms with Crippen LogP contribution in [0.5, 0.6) is 5.75 Å². The van der Waals surface area contributed by atoms with Crippen molar-refractivity contribution in [3.8, 4) is 5.75 Å². The highest BCUT2D eigenvalue weighted by atomic mass is 16.3. The van der Waals surface area contributed by atoms with Gasteiger partial charge in [0.1, 0.15) is 5.75 Å². The molecule has 0 aromatic heterocycles. The number of fused-ring (bicyclic) bond motifs is 2. The molecule has 0 atom stereocenters. The minimum Gasteiger partial charge on any atom is -0.507 e. The maximum absolute atomic E-state index is 13.8. The molecule has 7 N–H and O–H groups in total. The molecule has 2 aromatic rings. The third kappa shape index (κ3) is 5.39. The molecule has 34 heavy (non-hydrogen) atoms. The van der Waals surface area contributed by atoms with E-state index in [1.165, 1.54) is 6.07 Å².